The number of hydrogen-bond donors (Lipinski definition) is 1. The highest BCUT2D eigenvalue weighted by Crippen LogP contribution is 2.44. The predicted octanol–water partition coefficient (Wildman–Crippen LogP) is 5.98. The Morgan fingerprint density at radius 3 is 2.46 bits per heavy atom. The molecule has 1 N–H and O–H groups in total. The van der Waals surface area contributed by atoms with E-state index in [-0.39, 0.29) is 28.5 Å². The van der Waals surface area contributed by atoms with Crippen LogP contribution in [0.1, 0.15) is 61.0 Å². The van der Waals surface area contributed by atoms with Crippen LogP contribution >= 0.6 is 11.6 Å². The van der Waals surface area contributed by atoms with E-state index in [2.05, 4.69) is 5.32 Å². The number of carbonyl (C=O) groups is 2. The van der Waals surface area contributed by atoms with E-state index >= 15 is 0 Å². The van der Waals surface area contributed by atoms with Crippen molar-refractivity contribution in [2.24, 2.45) is 5.92 Å². The van der Waals surface area contributed by atoms with Crippen molar-refractivity contribution in [3.8, 4) is 5.75 Å². The lowest BCUT2D eigenvalue weighted by molar-refractivity contribution is -0.137. The van der Waals surface area contributed by atoms with Crippen LogP contribution in [0.3, 0.4) is 0 Å². The van der Waals surface area contributed by atoms with Gasteiger partial charge in [0, 0.05) is 18.3 Å². The summed E-state index contributed by atoms with van der Waals surface area (Å²) < 4.78 is 44.4. The average Bonchev–Trinajstić information content (AvgIpc) is 2.99. The van der Waals surface area contributed by atoms with E-state index in [0.29, 0.717) is 25.1 Å². The van der Waals surface area contributed by atoms with Crippen molar-refractivity contribution in [2.45, 2.75) is 57.2 Å². The molecule has 1 saturated carbocycles. The van der Waals surface area contributed by atoms with Gasteiger partial charge in [-0.3, -0.25) is 9.59 Å². The average molecular weight is 509 g/mol. The summed E-state index contributed by atoms with van der Waals surface area (Å²) >= 11 is 6.00. The fraction of sp³-hybridized carbons (Fsp3) is 0.462. The molecule has 4 rings (SSSR count). The number of carbonyl (C=O) groups excluding carboxylic acids is 2. The molecule has 0 atom stereocenters. The Hall–Kier alpha value is -2.74. The molecule has 2 aromatic rings. The number of amides is 2. The second-order valence-electron chi connectivity index (χ2n) is 9.81. The Kier molecular flexibility index (Phi) is 6.79. The standard InChI is InChI=1S/C26H28ClF3N2O3/c1-25(2)20-13-18(35-3)9-11-22(20)32(24(25)34)14-15-4-7-17(8-5-15)31-23(33)19-12-16(26(28,29)30)6-10-21(19)27/h6,9-13,15,17H,4-5,7-8,14H2,1-3H3,(H,31,33). The molecule has 9 heteroatoms. The largest absolute Gasteiger partial charge is 0.497 e. The first kappa shape index (κ1) is 25.4. The summed E-state index contributed by atoms with van der Waals surface area (Å²) in [7, 11) is 1.60. The van der Waals surface area contributed by atoms with Crippen molar-refractivity contribution >= 4 is 29.1 Å². The van der Waals surface area contributed by atoms with Crippen LogP contribution in [-0.2, 0) is 16.4 Å². The van der Waals surface area contributed by atoms with Crippen LogP contribution in [0.4, 0.5) is 18.9 Å². The number of nitrogens with one attached hydrogen (secondary N) is 1. The molecule has 1 fully saturated rings. The minimum Gasteiger partial charge on any atom is -0.497 e. The summed E-state index contributed by atoms with van der Waals surface area (Å²) in [6.07, 6.45) is -1.63. The van der Waals surface area contributed by atoms with Gasteiger partial charge in [-0.15, -0.1) is 0 Å². The first-order valence-corrected chi connectivity index (χ1v) is 12.0. The number of halogens is 4. The van der Waals surface area contributed by atoms with Crippen molar-refractivity contribution in [2.75, 3.05) is 18.6 Å². The Labute approximate surface area is 207 Å². The lowest BCUT2D eigenvalue weighted by atomic mass is 9.85. The molecule has 0 saturated heterocycles. The summed E-state index contributed by atoms with van der Waals surface area (Å²) in [5.41, 5.74) is 0.114. The Morgan fingerprint density at radius 1 is 1.14 bits per heavy atom. The van der Waals surface area contributed by atoms with E-state index in [0.717, 1.165) is 42.3 Å². The third kappa shape index (κ3) is 4.99. The number of anilines is 1. The fourth-order valence-corrected chi connectivity index (χ4v) is 5.21. The SMILES string of the molecule is COc1ccc2c(c1)C(C)(C)C(=O)N2CC1CCC(NC(=O)c2cc(C(F)(F)F)ccc2Cl)CC1. The lowest BCUT2D eigenvalue weighted by Crippen LogP contribution is -2.42. The highest BCUT2D eigenvalue weighted by molar-refractivity contribution is 6.33. The Bertz CT molecular complexity index is 1140. The minimum absolute atomic E-state index is 0.0188. The van der Waals surface area contributed by atoms with Gasteiger partial charge in [-0.2, -0.15) is 13.2 Å². The number of hydrogen-bond acceptors (Lipinski definition) is 3. The van der Waals surface area contributed by atoms with Gasteiger partial charge in [-0.25, -0.2) is 0 Å². The molecule has 2 aromatic carbocycles. The Morgan fingerprint density at radius 2 is 1.83 bits per heavy atom. The van der Waals surface area contributed by atoms with Crippen LogP contribution in [0.2, 0.25) is 5.02 Å². The zero-order valence-electron chi connectivity index (χ0n) is 19.8. The number of nitrogens with zero attached hydrogens (tertiary/aromatic N) is 1. The molecule has 1 aliphatic heterocycles. The first-order chi connectivity index (χ1) is 16.4. The molecule has 0 radical (unpaired) electrons. The van der Waals surface area contributed by atoms with Crippen molar-refractivity contribution in [1.82, 2.24) is 5.32 Å². The molecule has 35 heavy (non-hydrogen) atoms. The maximum absolute atomic E-state index is 13.2. The van der Waals surface area contributed by atoms with E-state index in [1.807, 2.05) is 36.9 Å². The summed E-state index contributed by atoms with van der Waals surface area (Å²) in [5, 5.41) is 2.81. The molecule has 0 unspecified atom stereocenters. The monoisotopic (exact) mass is 508 g/mol. The maximum atomic E-state index is 13.2. The molecular weight excluding hydrogens is 481 g/mol. The molecular formula is C26H28ClF3N2O3. The van der Waals surface area contributed by atoms with Gasteiger partial charge in [0.25, 0.3) is 5.91 Å². The van der Waals surface area contributed by atoms with Gasteiger partial charge < -0.3 is 15.0 Å². The van der Waals surface area contributed by atoms with Crippen molar-refractivity contribution in [3.63, 3.8) is 0 Å². The van der Waals surface area contributed by atoms with Gasteiger partial charge in [0.1, 0.15) is 5.75 Å². The summed E-state index contributed by atoms with van der Waals surface area (Å²) in [6.45, 7) is 4.42. The third-order valence-corrected chi connectivity index (χ3v) is 7.44. The van der Waals surface area contributed by atoms with Crippen LogP contribution < -0.4 is 15.0 Å². The molecule has 0 aromatic heterocycles. The van der Waals surface area contributed by atoms with Gasteiger partial charge in [0.05, 0.1) is 28.7 Å². The molecule has 0 bridgehead atoms. The van der Waals surface area contributed by atoms with Crippen molar-refractivity contribution < 1.29 is 27.5 Å². The fourth-order valence-electron chi connectivity index (χ4n) is 5.01. The van der Waals surface area contributed by atoms with E-state index in [1.165, 1.54) is 0 Å². The van der Waals surface area contributed by atoms with Crippen molar-refractivity contribution in [1.29, 1.82) is 0 Å². The van der Waals surface area contributed by atoms with Crippen LogP contribution in [0.25, 0.3) is 0 Å². The topological polar surface area (TPSA) is 58.6 Å². The molecule has 1 aliphatic carbocycles. The van der Waals surface area contributed by atoms with Crippen LogP contribution in [0.5, 0.6) is 5.75 Å². The highest BCUT2D eigenvalue weighted by atomic mass is 35.5. The number of fused-ring (bicyclic) bond motifs is 1. The van der Waals surface area contributed by atoms with Gasteiger partial charge >= 0.3 is 6.18 Å². The maximum Gasteiger partial charge on any atom is 0.416 e. The number of rotatable bonds is 5. The second-order valence-corrected chi connectivity index (χ2v) is 10.2. The number of benzene rings is 2. The van der Waals surface area contributed by atoms with Crippen LogP contribution in [-0.4, -0.2) is 31.5 Å². The summed E-state index contributed by atoms with van der Waals surface area (Å²) in [5.74, 6) is 0.413. The molecule has 0 spiro atoms. The van der Waals surface area contributed by atoms with Crippen molar-refractivity contribution in [3.05, 3.63) is 58.1 Å². The summed E-state index contributed by atoms with van der Waals surface area (Å²) in [6, 6.07) is 8.27. The lowest BCUT2D eigenvalue weighted by Gasteiger charge is -2.32. The molecule has 188 valence electrons. The Balaban J connectivity index is 1.38. The number of ether oxygens (including phenoxy) is 1. The zero-order chi connectivity index (χ0) is 25.5. The normalized spacial score (nSPS) is 21.6. The predicted molar refractivity (Wildman–Crippen MR) is 128 cm³/mol. The number of alkyl halides is 3. The van der Waals surface area contributed by atoms with Crippen LogP contribution in [0, 0.1) is 5.92 Å². The van der Waals surface area contributed by atoms with E-state index in [9.17, 15) is 22.8 Å². The molecule has 2 amide bonds. The van der Waals surface area contributed by atoms with Gasteiger partial charge in [0.2, 0.25) is 5.91 Å². The van der Waals surface area contributed by atoms with Crippen LogP contribution in [0.15, 0.2) is 36.4 Å². The third-order valence-electron chi connectivity index (χ3n) is 7.11. The second kappa shape index (κ2) is 9.37. The first-order valence-electron chi connectivity index (χ1n) is 11.6. The highest BCUT2D eigenvalue weighted by Gasteiger charge is 2.44. The molecule has 1 heterocycles. The number of methoxy groups -OCH3 is 1. The van der Waals surface area contributed by atoms with Gasteiger partial charge in [-0.05, 0) is 87.4 Å². The van der Waals surface area contributed by atoms with Gasteiger partial charge in [0.15, 0.2) is 0 Å². The minimum atomic E-state index is -4.55. The van der Waals surface area contributed by atoms with Gasteiger partial charge in [-0.1, -0.05) is 11.6 Å². The van der Waals surface area contributed by atoms with E-state index < -0.39 is 23.1 Å². The molecule has 2 aliphatic rings. The van der Waals surface area contributed by atoms with E-state index in [1.54, 1.807) is 7.11 Å². The van der Waals surface area contributed by atoms with E-state index in [4.69, 9.17) is 16.3 Å². The molecule has 5 nitrogen and oxygen atoms in total. The summed E-state index contributed by atoms with van der Waals surface area (Å²) in [4.78, 5) is 27.7. The smallest absolute Gasteiger partial charge is 0.416 e. The quantitative estimate of drug-likeness (QED) is 0.540. The zero-order valence-corrected chi connectivity index (χ0v) is 20.6.